The van der Waals surface area contributed by atoms with Gasteiger partial charge in [-0.2, -0.15) is 4.98 Å². The topological polar surface area (TPSA) is 76.1 Å². The van der Waals surface area contributed by atoms with Gasteiger partial charge in [-0.3, -0.25) is 4.79 Å². The number of ether oxygens (including phenoxy) is 1. The quantitative estimate of drug-likeness (QED) is 0.816. The van der Waals surface area contributed by atoms with E-state index in [1.54, 1.807) is 19.9 Å². The minimum atomic E-state index is -0.369. The van der Waals surface area contributed by atoms with Crippen LogP contribution in [0, 0.1) is 6.92 Å². The molecule has 1 atom stereocenters. The second-order valence-corrected chi connectivity index (χ2v) is 4.60. The molecular formula is C13H22N4O2. The molecule has 0 aromatic carbocycles. The smallest absolute Gasteiger partial charge is 0.242 e. The SMILES string of the molecule is CCOc1cc(NC(C)C(=O)NC(C)C)nc(C)n1. The van der Waals surface area contributed by atoms with Crippen LogP contribution >= 0.6 is 0 Å². The molecule has 1 amide bonds. The summed E-state index contributed by atoms with van der Waals surface area (Å²) in [5.41, 5.74) is 0. The molecule has 0 bridgehead atoms. The lowest BCUT2D eigenvalue weighted by Gasteiger charge is -2.17. The molecule has 19 heavy (non-hydrogen) atoms. The maximum Gasteiger partial charge on any atom is 0.242 e. The largest absolute Gasteiger partial charge is 0.478 e. The summed E-state index contributed by atoms with van der Waals surface area (Å²) in [7, 11) is 0. The molecule has 0 radical (unpaired) electrons. The number of amides is 1. The molecule has 0 aliphatic heterocycles. The van der Waals surface area contributed by atoms with Crippen LogP contribution in [0.3, 0.4) is 0 Å². The van der Waals surface area contributed by atoms with Crippen molar-refractivity contribution in [1.82, 2.24) is 15.3 Å². The van der Waals surface area contributed by atoms with Crippen LogP contribution in [-0.2, 0) is 4.79 Å². The summed E-state index contributed by atoms with van der Waals surface area (Å²) < 4.78 is 5.34. The maximum atomic E-state index is 11.8. The van der Waals surface area contributed by atoms with Crippen molar-refractivity contribution in [2.75, 3.05) is 11.9 Å². The minimum Gasteiger partial charge on any atom is -0.478 e. The van der Waals surface area contributed by atoms with E-state index in [9.17, 15) is 4.79 Å². The van der Waals surface area contributed by atoms with Crippen LogP contribution in [0.1, 0.15) is 33.5 Å². The Morgan fingerprint density at radius 2 is 2.05 bits per heavy atom. The van der Waals surface area contributed by atoms with E-state index in [1.165, 1.54) is 0 Å². The lowest BCUT2D eigenvalue weighted by Crippen LogP contribution is -2.41. The van der Waals surface area contributed by atoms with E-state index in [1.807, 2.05) is 20.8 Å². The first-order chi connectivity index (χ1) is 8.92. The van der Waals surface area contributed by atoms with E-state index in [0.717, 1.165) is 0 Å². The summed E-state index contributed by atoms with van der Waals surface area (Å²) in [6.45, 7) is 9.85. The Morgan fingerprint density at radius 3 is 2.63 bits per heavy atom. The minimum absolute atomic E-state index is 0.0655. The number of hydrogen-bond acceptors (Lipinski definition) is 5. The van der Waals surface area contributed by atoms with Crippen LogP contribution in [0.2, 0.25) is 0 Å². The highest BCUT2D eigenvalue weighted by molar-refractivity contribution is 5.84. The Kier molecular flexibility index (Phi) is 5.54. The van der Waals surface area contributed by atoms with Crippen LogP contribution in [0.4, 0.5) is 5.82 Å². The zero-order chi connectivity index (χ0) is 14.4. The van der Waals surface area contributed by atoms with Gasteiger partial charge >= 0.3 is 0 Å². The molecule has 0 saturated heterocycles. The predicted octanol–water partition coefficient (Wildman–Crippen LogP) is 1.51. The summed E-state index contributed by atoms with van der Waals surface area (Å²) in [4.78, 5) is 20.2. The lowest BCUT2D eigenvalue weighted by atomic mass is 10.3. The number of hydrogen-bond donors (Lipinski definition) is 2. The number of nitrogens with one attached hydrogen (secondary N) is 2. The third-order valence-electron chi connectivity index (χ3n) is 2.30. The van der Waals surface area contributed by atoms with Crippen LogP contribution in [0.5, 0.6) is 5.88 Å². The summed E-state index contributed by atoms with van der Waals surface area (Å²) in [5.74, 6) is 1.63. The van der Waals surface area contributed by atoms with Crippen molar-refractivity contribution >= 4 is 11.7 Å². The Morgan fingerprint density at radius 1 is 1.37 bits per heavy atom. The molecule has 6 heteroatoms. The molecule has 1 aromatic heterocycles. The third-order valence-corrected chi connectivity index (χ3v) is 2.30. The summed E-state index contributed by atoms with van der Waals surface area (Å²) >= 11 is 0. The van der Waals surface area contributed by atoms with Gasteiger partial charge in [-0.15, -0.1) is 0 Å². The first-order valence-corrected chi connectivity index (χ1v) is 6.47. The van der Waals surface area contributed by atoms with E-state index in [0.29, 0.717) is 24.1 Å². The number of aryl methyl sites for hydroxylation is 1. The highest BCUT2D eigenvalue weighted by Gasteiger charge is 2.14. The Labute approximate surface area is 114 Å². The molecule has 0 saturated carbocycles. The monoisotopic (exact) mass is 266 g/mol. The van der Waals surface area contributed by atoms with Gasteiger partial charge in [0.25, 0.3) is 0 Å². The predicted molar refractivity (Wildman–Crippen MR) is 74.3 cm³/mol. The molecule has 1 aromatic rings. The van der Waals surface area contributed by atoms with Crippen molar-refractivity contribution in [3.63, 3.8) is 0 Å². The zero-order valence-corrected chi connectivity index (χ0v) is 12.2. The highest BCUT2D eigenvalue weighted by atomic mass is 16.5. The molecule has 0 spiro atoms. The fraction of sp³-hybridized carbons (Fsp3) is 0.615. The Balaban J connectivity index is 2.73. The van der Waals surface area contributed by atoms with Crippen molar-refractivity contribution in [3.05, 3.63) is 11.9 Å². The first kappa shape index (κ1) is 15.2. The fourth-order valence-corrected chi connectivity index (χ4v) is 1.53. The molecule has 1 unspecified atom stereocenters. The Bertz CT molecular complexity index is 435. The Hall–Kier alpha value is -1.85. The number of anilines is 1. The van der Waals surface area contributed by atoms with E-state index in [-0.39, 0.29) is 18.0 Å². The molecule has 0 aliphatic rings. The van der Waals surface area contributed by atoms with Gasteiger partial charge in [0.05, 0.1) is 6.61 Å². The van der Waals surface area contributed by atoms with Gasteiger partial charge in [0.15, 0.2) is 0 Å². The molecule has 1 rings (SSSR count). The third kappa shape index (κ3) is 5.11. The van der Waals surface area contributed by atoms with Gasteiger partial charge in [-0.1, -0.05) is 0 Å². The van der Waals surface area contributed by atoms with Gasteiger partial charge in [0, 0.05) is 12.1 Å². The molecule has 2 N–H and O–H groups in total. The summed E-state index contributed by atoms with van der Waals surface area (Å²) in [6.07, 6.45) is 0. The van der Waals surface area contributed by atoms with Crippen LogP contribution in [0.15, 0.2) is 6.07 Å². The second-order valence-electron chi connectivity index (χ2n) is 4.60. The van der Waals surface area contributed by atoms with Gasteiger partial charge in [-0.25, -0.2) is 4.98 Å². The maximum absolute atomic E-state index is 11.8. The van der Waals surface area contributed by atoms with Crippen molar-refractivity contribution in [2.45, 2.75) is 46.7 Å². The van der Waals surface area contributed by atoms with E-state index < -0.39 is 0 Å². The van der Waals surface area contributed by atoms with Crippen LogP contribution in [-0.4, -0.2) is 34.6 Å². The van der Waals surface area contributed by atoms with E-state index in [4.69, 9.17) is 4.74 Å². The summed E-state index contributed by atoms with van der Waals surface area (Å²) in [5, 5.41) is 5.88. The molecule has 1 heterocycles. The van der Waals surface area contributed by atoms with Crippen LogP contribution in [0.25, 0.3) is 0 Å². The van der Waals surface area contributed by atoms with Crippen molar-refractivity contribution < 1.29 is 9.53 Å². The number of carbonyl (C=O) groups excluding carboxylic acids is 1. The highest BCUT2D eigenvalue weighted by Crippen LogP contribution is 2.14. The lowest BCUT2D eigenvalue weighted by molar-refractivity contribution is -0.122. The number of rotatable bonds is 6. The van der Waals surface area contributed by atoms with Crippen LogP contribution < -0.4 is 15.4 Å². The second kappa shape index (κ2) is 6.92. The number of nitrogens with zero attached hydrogens (tertiary/aromatic N) is 2. The summed E-state index contributed by atoms with van der Waals surface area (Å²) in [6, 6.07) is 1.43. The molecule has 106 valence electrons. The van der Waals surface area contributed by atoms with E-state index >= 15 is 0 Å². The molecule has 6 nitrogen and oxygen atoms in total. The average molecular weight is 266 g/mol. The number of aromatic nitrogens is 2. The van der Waals surface area contributed by atoms with Gasteiger partial charge in [0.1, 0.15) is 17.7 Å². The van der Waals surface area contributed by atoms with Gasteiger partial charge in [-0.05, 0) is 34.6 Å². The zero-order valence-electron chi connectivity index (χ0n) is 12.2. The average Bonchev–Trinajstić information content (AvgIpc) is 2.27. The first-order valence-electron chi connectivity index (χ1n) is 6.47. The standard InChI is InChI=1S/C13H22N4O2/c1-6-19-12-7-11(16-10(5)17-12)15-9(4)13(18)14-8(2)3/h7-9H,6H2,1-5H3,(H,14,18)(H,15,16,17). The van der Waals surface area contributed by atoms with Gasteiger partial charge < -0.3 is 15.4 Å². The van der Waals surface area contributed by atoms with Crippen molar-refractivity contribution in [1.29, 1.82) is 0 Å². The molecule has 0 aliphatic carbocycles. The molecule has 0 fully saturated rings. The molecular weight excluding hydrogens is 244 g/mol. The number of carbonyl (C=O) groups is 1. The van der Waals surface area contributed by atoms with Crippen molar-refractivity contribution in [3.8, 4) is 5.88 Å². The van der Waals surface area contributed by atoms with E-state index in [2.05, 4.69) is 20.6 Å². The van der Waals surface area contributed by atoms with Gasteiger partial charge in [0.2, 0.25) is 11.8 Å². The van der Waals surface area contributed by atoms with Crippen molar-refractivity contribution in [2.24, 2.45) is 0 Å². The normalized spacial score (nSPS) is 12.1. The fourth-order valence-electron chi connectivity index (χ4n) is 1.53.